The van der Waals surface area contributed by atoms with Crippen molar-refractivity contribution in [3.05, 3.63) is 95.6 Å². The van der Waals surface area contributed by atoms with Crippen LogP contribution in [-0.2, 0) is 32.6 Å². The van der Waals surface area contributed by atoms with Gasteiger partial charge >= 0.3 is 0 Å². The highest BCUT2D eigenvalue weighted by Gasteiger charge is 2.32. The van der Waals surface area contributed by atoms with Gasteiger partial charge < -0.3 is 15.0 Å². The summed E-state index contributed by atoms with van der Waals surface area (Å²) < 4.78 is 31.8. The quantitative estimate of drug-likeness (QED) is 0.417. The second-order valence-corrected chi connectivity index (χ2v) is 10.7. The third kappa shape index (κ3) is 7.57. The zero-order chi connectivity index (χ0) is 27.0. The van der Waals surface area contributed by atoms with E-state index >= 15 is 0 Å². The highest BCUT2D eigenvalue weighted by Crippen LogP contribution is 2.24. The lowest BCUT2D eigenvalue weighted by molar-refractivity contribution is -0.139. The molecule has 0 heterocycles. The van der Waals surface area contributed by atoms with Crippen molar-refractivity contribution in [3.63, 3.8) is 0 Å². The van der Waals surface area contributed by atoms with E-state index in [1.54, 1.807) is 24.3 Å². The molecule has 0 saturated carbocycles. The van der Waals surface area contributed by atoms with Crippen molar-refractivity contribution in [2.24, 2.45) is 0 Å². The molecule has 0 bridgehead atoms. The smallest absolute Gasteiger partial charge is 0.244 e. The standard InChI is InChI=1S/C28H33N3O5S/c1-21-10-8-13-23(16-21)19-30(26(28(33)29-2)17-22-11-6-5-7-12-22)27(32)20-31(37(4,34)35)24-14-9-15-25(18-24)36-3/h5-16,18,26H,17,19-20H2,1-4H3,(H,29,33). The van der Waals surface area contributed by atoms with Crippen molar-refractivity contribution in [1.82, 2.24) is 10.2 Å². The third-order valence-electron chi connectivity index (χ3n) is 5.97. The van der Waals surface area contributed by atoms with E-state index in [0.29, 0.717) is 11.4 Å². The molecule has 2 amide bonds. The maximum atomic E-state index is 13.9. The molecule has 0 aromatic heterocycles. The van der Waals surface area contributed by atoms with Crippen molar-refractivity contribution in [3.8, 4) is 5.75 Å². The number of sulfonamides is 1. The average molecular weight is 524 g/mol. The zero-order valence-electron chi connectivity index (χ0n) is 21.5. The van der Waals surface area contributed by atoms with Gasteiger partial charge in [0.1, 0.15) is 18.3 Å². The number of nitrogens with zero attached hydrogens (tertiary/aromatic N) is 2. The molecule has 0 aliphatic carbocycles. The van der Waals surface area contributed by atoms with E-state index < -0.39 is 28.5 Å². The number of aryl methyl sites for hydroxylation is 1. The Hall–Kier alpha value is -3.85. The Bertz CT molecular complexity index is 1330. The van der Waals surface area contributed by atoms with Gasteiger partial charge in [0.25, 0.3) is 0 Å². The van der Waals surface area contributed by atoms with Crippen molar-refractivity contribution >= 4 is 27.5 Å². The number of benzene rings is 3. The minimum atomic E-state index is -3.83. The lowest BCUT2D eigenvalue weighted by Gasteiger charge is -2.33. The summed E-state index contributed by atoms with van der Waals surface area (Å²) in [6.45, 7) is 1.62. The Labute approximate surface area is 218 Å². The van der Waals surface area contributed by atoms with Gasteiger partial charge in [-0.25, -0.2) is 8.42 Å². The molecule has 0 aliphatic heterocycles. The van der Waals surface area contributed by atoms with Crippen LogP contribution < -0.4 is 14.4 Å². The fraction of sp³-hybridized carbons (Fsp3) is 0.286. The van der Waals surface area contributed by atoms with Crippen molar-refractivity contribution in [1.29, 1.82) is 0 Å². The summed E-state index contributed by atoms with van der Waals surface area (Å²) in [4.78, 5) is 28.4. The molecule has 0 fully saturated rings. The number of hydrogen-bond donors (Lipinski definition) is 1. The summed E-state index contributed by atoms with van der Waals surface area (Å²) in [6, 6.07) is 22.7. The van der Waals surface area contributed by atoms with Gasteiger partial charge in [0.2, 0.25) is 21.8 Å². The van der Waals surface area contributed by atoms with E-state index in [1.165, 1.54) is 19.1 Å². The normalized spacial score (nSPS) is 11.9. The maximum absolute atomic E-state index is 13.9. The number of amides is 2. The topological polar surface area (TPSA) is 96.0 Å². The van der Waals surface area contributed by atoms with Crippen LogP contribution in [0.1, 0.15) is 16.7 Å². The minimum Gasteiger partial charge on any atom is -0.497 e. The molecule has 8 nitrogen and oxygen atoms in total. The molecule has 37 heavy (non-hydrogen) atoms. The number of ether oxygens (including phenoxy) is 1. The summed E-state index contributed by atoms with van der Waals surface area (Å²) in [5.41, 5.74) is 3.03. The van der Waals surface area contributed by atoms with Crippen LogP contribution in [0.15, 0.2) is 78.9 Å². The summed E-state index contributed by atoms with van der Waals surface area (Å²) in [5.74, 6) is -0.376. The number of methoxy groups -OCH3 is 1. The van der Waals surface area contributed by atoms with Crippen molar-refractivity contribution < 1.29 is 22.7 Å². The maximum Gasteiger partial charge on any atom is 0.244 e. The van der Waals surface area contributed by atoms with Gasteiger partial charge in [-0.05, 0) is 30.2 Å². The van der Waals surface area contributed by atoms with Crippen LogP contribution in [0.5, 0.6) is 5.75 Å². The first kappa shape index (κ1) is 27.7. The van der Waals surface area contributed by atoms with Crippen molar-refractivity contribution in [2.75, 3.05) is 31.3 Å². The first-order valence-corrected chi connectivity index (χ1v) is 13.7. The minimum absolute atomic E-state index is 0.140. The second-order valence-electron chi connectivity index (χ2n) is 8.80. The number of carbonyl (C=O) groups excluding carboxylic acids is 2. The van der Waals surface area contributed by atoms with Crippen LogP contribution in [-0.4, -0.2) is 58.1 Å². The molecular weight excluding hydrogens is 490 g/mol. The third-order valence-corrected chi connectivity index (χ3v) is 7.11. The average Bonchev–Trinajstić information content (AvgIpc) is 2.88. The van der Waals surface area contributed by atoms with E-state index in [-0.39, 0.29) is 18.9 Å². The van der Waals surface area contributed by atoms with Crippen molar-refractivity contribution in [2.45, 2.75) is 25.9 Å². The Morgan fingerprint density at radius 2 is 1.62 bits per heavy atom. The fourth-order valence-electron chi connectivity index (χ4n) is 4.11. The van der Waals surface area contributed by atoms with Gasteiger partial charge in [0.05, 0.1) is 19.1 Å². The molecule has 3 aromatic carbocycles. The van der Waals surface area contributed by atoms with E-state index in [0.717, 1.165) is 27.3 Å². The molecule has 196 valence electrons. The molecule has 9 heteroatoms. The van der Waals surface area contributed by atoms with Gasteiger partial charge in [-0.1, -0.05) is 66.2 Å². The highest BCUT2D eigenvalue weighted by atomic mass is 32.2. The molecule has 0 saturated heterocycles. The van der Waals surface area contributed by atoms with Crippen LogP contribution >= 0.6 is 0 Å². The van der Waals surface area contributed by atoms with Crippen LogP contribution in [0.4, 0.5) is 5.69 Å². The van der Waals surface area contributed by atoms with Gasteiger partial charge in [-0.15, -0.1) is 0 Å². The number of anilines is 1. The Morgan fingerprint density at radius 1 is 0.946 bits per heavy atom. The number of likely N-dealkylation sites (N-methyl/N-ethyl adjacent to an activating group) is 1. The number of nitrogens with one attached hydrogen (secondary N) is 1. The molecular formula is C28H33N3O5S. The van der Waals surface area contributed by atoms with Gasteiger partial charge in [0.15, 0.2) is 0 Å². The van der Waals surface area contributed by atoms with Crippen LogP contribution in [0.25, 0.3) is 0 Å². The molecule has 1 N–H and O–H groups in total. The van der Waals surface area contributed by atoms with Crippen LogP contribution in [0.3, 0.4) is 0 Å². The van der Waals surface area contributed by atoms with E-state index in [1.807, 2.05) is 61.5 Å². The van der Waals surface area contributed by atoms with E-state index in [2.05, 4.69) is 5.32 Å². The zero-order valence-corrected chi connectivity index (χ0v) is 22.4. The van der Waals surface area contributed by atoms with Gasteiger partial charge in [-0.3, -0.25) is 13.9 Å². The highest BCUT2D eigenvalue weighted by molar-refractivity contribution is 7.92. The number of carbonyl (C=O) groups is 2. The van der Waals surface area contributed by atoms with Gasteiger partial charge in [0, 0.05) is 26.1 Å². The summed E-state index contributed by atoms with van der Waals surface area (Å²) in [6.07, 6.45) is 1.32. The van der Waals surface area contributed by atoms with Crippen LogP contribution in [0, 0.1) is 6.92 Å². The van der Waals surface area contributed by atoms with E-state index in [9.17, 15) is 18.0 Å². The Morgan fingerprint density at radius 3 is 2.24 bits per heavy atom. The monoisotopic (exact) mass is 523 g/mol. The lowest BCUT2D eigenvalue weighted by Crippen LogP contribution is -2.52. The number of hydrogen-bond acceptors (Lipinski definition) is 5. The molecule has 3 aromatic rings. The molecule has 1 atom stereocenters. The second kappa shape index (κ2) is 12.4. The summed E-state index contributed by atoms with van der Waals surface area (Å²) >= 11 is 0. The molecule has 3 rings (SSSR count). The Balaban J connectivity index is 2.03. The first-order chi connectivity index (χ1) is 17.6. The Kier molecular flexibility index (Phi) is 9.30. The predicted molar refractivity (Wildman–Crippen MR) is 145 cm³/mol. The van der Waals surface area contributed by atoms with Gasteiger partial charge in [-0.2, -0.15) is 0 Å². The van der Waals surface area contributed by atoms with Crippen LogP contribution in [0.2, 0.25) is 0 Å². The lowest BCUT2D eigenvalue weighted by atomic mass is 10.0. The summed E-state index contributed by atoms with van der Waals surface area (Å²) in [7, 11) is -0.827. The summed E-state index contributed by atoms with van der Waals surface area (Å²) in [5, 5.41) is 2.67. The largest absolute Gasteiger partial charge is 0.497 e. The SMILES string of the molecule is CNC(=O)C(Cc1ccccc1)N(Cc1cccc(C)c1)C(=O)CN(c1cccc(OC)c1)S(C)(=O)=O. The fourth-order valence-corrected chi connectivity index (χ4v) is 4.95. The molecule has 0 aliphatic rings. The molecule has 0 radical (unpaired) electrons. The molecule has 0 spiro atoms. The predicted octanol–water partition coefficient (Wildman–Crippen LogP) is 3.16. The number of rotatable bonds is 11. The molecule has 1 unspecified atom stereocenters. The first-order valence-electron chi connectivity index (χ1n) is 11.8. The van der Waals surface area contributed by atoms with E-state index in [4.69, 9.17) is 4.74 Å².